The normalized spacial score (nSPS) is 14.5. The number of hydrogen-bond acceptors (Lipinski definition) is 5. The molecule has 0 aromatic carbocycles. The Balaban J connectivity index is 4.15. The fraction of sp³-hybridized carbons (Fsp3) is 0.750. The summed E-state index contributed by atoms with van der Waals surface area (Å²) < 4.78 is 4.80. The number of carboxylic acids is 1. The van der Waals surface area contributed by atoms with Gasteiger partial charge in [0.05, 0.1) is 5.92 Å². The summed E-state index contributed by atoms with van der Waals surface area (Å²) in [5.74, 6) is -1.38. The van der Waals surface area contributed by atoms with Gasteiger partial charge in [-0.3, -0.25) is 4.79 Å². The highest BCUT2D eigenvalue weighted by molar-refractivity contribution is 7.98. The quantitative estimate of drug-likeness (QED) is 0.532. The standard InChI is InChI=1S/C8H14O4S2/c1-5(3-13)8(11)12-6(4-14-2)7(9)10/h5-6,13H,3-4H2,1-2H3,(H,9,10). The molecule has 1 N–H and O–H groups in total. The van der Waals surface area contributed by atoms with E-state index < -0.39 is 18.0 Å². The summed E-state index contributed by atoms with van der Waals surface area (Å²) in [5.41, 5.74) is 0. The van der Waals surface area contributed by atoms with Crippen LogP contribution in [0.4, 0.5) is 0 Å². The van der Waals surface area contributed by atoms with Gasteiger partial charge in [0, 0.05) is 11.5 Å². The Bertz CT molecular complexity index is 208. The first-order valence-corrected chi connectivity index (χ1v) is 6.08. The summed E-state index contributed by atoms with van der Waals surface area (Å²) in [6, 6.07) is 0. The van der Waals surface area contributed by atoms with Gasteiger partial charge in [-0.1, -0.05) is 6.92 Å². The lowest BCUT2D eigenvalue weighted by Crippen LogP contribution is -2.31. The first kappa shape index (κ1) is 13.6. The summed E-state index contributed by atoms with van der Waals surface area (Å²) in [5, 5.41) is 8.70. The van der Waals surface area contributed by atoms with Gasteiger partial charge in [-0.15, -0.1) is 0 Å². The topological polar surface area (TPSA) is 63.6 Å². The van der Waals surface area contributed by atoms with Gasteiger partial charge in [-0.25, -0.2) is 4.79 Å². The average Bonchev–Trinajstić information content (AvgIpc) is 2.15. The molecule has 0 fully saturated rings. The van der Waals surface area contributed by atoms with Crippen molar-refractivity contribution in [2.45, 2.75) is 13.0 Å². The third kappa shape index (κ3) is 4.76. The maximum Gasteiger partial charge on any atom is 0.345 e. The van der Waals surface area contributed by atoms with Crippen LogP contribution in [-0.2, 0) is 14.3 Å². The van der Waals surface area contributed by atoms with Crippen molar-refractivity contribution in [1.82, 2.24) is 0 Å². The minimum atomic E-state index is -1.11. The van der Waals surface area contributed by atoms with E-state index in [9.17, 15) is 9.59 Å². The number of rotatable bonds is 6. The van der Waals surface area contributed by atoms with Crippen LogP contribution in [0.25, 0.3) is 0 Å². The summed E-state index contributed by atoms with van der Waals surface area (Å²) in [7, 11) is 0. The van der Waals surface area contributed by atoms with Crippen molar-refractivity contribution < 1.29 is 19.4 Å². The van der Waals surface area contributed by atoms with Gasteiger partial charge in [-0.2, -0.15) is 24.4 Å². The zero-order valence-electron chi connectivity index (χ0n) is 8.10. The van der Waals surface area contributed by atoms with Crippen molar-refractivity contribution in [3.8, 4) is 0 Å². The Morgan fingerprint density at radius 3 is 2.50 bits per heavy atom. The average molecular weight is 238 g/mol. The lowest BCUT2D eigenvalue weighted by molar-refractivity contribution is -0.164. The van der Waals surface area contributed by atoms with Crippen LogP contribution in [-0.4, -0.2) is 40.9 Å². The first-order valence-electron chi connectivity index (χ1n) is 4.06. The molecule has 0 rings (SSSR count). The molecule has 0 saturated heterocycles. The van der Waals surface area contributed by atoms with Gasteiger partial charge in [-0.05, 0) is 6.26 Å². The van der Waals surface area contributed by atoms with Crippen LogP contribution >= 0.6 is 24.4 Å². The van der Waals surface area contributed by atoms with Crippen LogP contribution in [0.1, 0.15) is 6.92 Å². The molecule has 0 heterocycles. The molecule has 0 aliphatic heterocycles. The number of thiol groups is 1. The summed E-state index contributed by atoms with van der Waals surface area (Å²) >= 11 is 5.25. The number of aliphatic carboxylic acids is 1. The highest BCUT2D eigenvalue weighted by atomic mass is 32.2. The Hall–Kier alpha value is -0.360. The summed E-state index contributed by atoms with van der Waals surface area (Å²) in [6.45, 7) is 1.65. The highest BCUT2D eigenvalue weighted by Gasteiger charge is 2.23. The Morgan fingerprint density at radius 1 is 1.57 bits per heavy atom. The van der Waals surface area contributed by atoms with Crippen molar-refractivity contribution in [3.05, 3.63) is 0 Å². The van der Waals surface area contributed by atoms with E-state index in [-0.39, 0.29) is 11.7 Å². The monoisotopic (exact) mass is 238 g/mol. The molecule has 0 saturated carbocycles. The van der Waals surface area contributed by atoms with E-state index in [0.717, 1.165) is 0 Å². The Labute approximate surface area is 92.8 Å². The smallest absolute Gasteiger partial charge is 0.345 e. The molecule has 4 nitrogen and oxygen atoms in total. The summed E-state index contributed by atoms with van der Waals surface area (Å²) in [6.07, 6.45) is 0.700. The lowest BCUT2D eigenvalue weighted by Gasteiger charge is -2.14. The van der Waals surface area contributed by atoms with Crippen molar-refractivity contribution in [3.63, 3.8) is 0 Å². The van der Waals surface area contributed by atoms with Gasteiger partial charge < -0.3 is 9.84 Å². The van der Waals surface area contributed by atoms with Crippen molar-refractivity contribution in [1.29, 1.82) is 0 Å². The molecular weight excluding hydrogens is 224 g/mol. The SMILES string of the molecule is CSCC(OC(=O)C(C)CS)C(=O)O. The van der Waals surface area contributed by atoms with Crippen molar-refractivity contribution in [2.75, 3.05) is 17.8 Å². The van der Waals surface area contributed by atoms with Gasteiger partial charge in [0.15, 0.2) is 0 Å². The fourth-order valence-corrected chi connectivity index (χ4v) is 1.30. The van der Waals surface area contributed by atoms with Gasteiger partial charge in [0.2, 0.25) is 6.10 Å². The van der Waals surface area contributed by atoms with E-state index in [1.165, 1.54) is 11.8 Å². The van der Waals surface area contributed by atoms with E-state index in [1.54, 1.807) is 13.2 Å². The third-order valence-electron chi connectivity index (χ3n) is 1.53. The number of esters is 1. The largest absolute Gasteiger partial charge is 0.478 e. The fourth-order valence-electron chi connectivity index (χ4n) is 0.638. The van der Waals surface area contributed by atoms with Gasteiger partial charge in [0.25, 0.3) is 0 Å². The van der Waals surface area contributed by atoms with E-state index >= 15 is 0 Å². The molecule has 0 aliphatic rings. The second kappa shape index (κ2) is 7.00. The molecule has 2 unspecified atom stereocenters. The zero-order chi connectivity index (χ0) is 11.1. The zero-order valence-corrected chi connectivity index (χ0v) is 9.81. The minimum absolute atomic E-state index is 0.264. The molecule has 0 aromatic heterocycles. The third-order valence-corrected chi connectivity index (χ3v) is 2.71. The highest BCUT2D eigenvalue weighted by Crippen LogP contribution is 2.07. The first-order chi connectivity index (χ1) is 6.52. The second-order valence-electron chi connectivity index (χ2n) is 2.80. The second-order valence-corrected chi connectivity index (χ2v) is 4.08. The predicted octanol–water partition coefficient (Wildman–Crippen LogP) is 0.912. The number of carbonyl (C=O) groups excluding carboxylic acids is 1. The molecule has 0 bridgehead atoms. The molecule has 6 heteroatoms. The summed E-state index contributed by atoms with van der Waals surface area (Å²) in [4.78, 5) is 21.8. The van der Waals surface area contributed by atoms with E-state index in [2.05, 4.69) is 12.6 Å². The van der Waals surface area contributed by atoms with Crippen LogP contribution in [0.2, 0.25) is 0 Å². The van der Waals surface area contributed by atoms with Crippen LogP contribution in [0.5, 0.6) is 0 Å². The van der Waals surface area contributed by atoms with Crippen molar-refractivity contribution >= 4 is 36.3 Å². The number of thioether (sulfide) groups is 1. The van der Waals surface area contributed by atoms with E-state index in [0.29, 0.717) is 5.75 Å². The number of carboxylic acid groups (broad SMARTS) is 1. The predicted molar refractivity (Wildman–Crippen MR) is 58.9 cm³/mol. The molecule has 2 atom stereocenters. The molecule has 0 amide bonds. The number of hydrogen-bond donors (Lipinski definition) is 2. The Morgan fingerprint density at radius 2 is 2.14 bits per heavy atom. The lowest BCUT2D eigenvalue weighted by atomic mass is 10.2. The maximum absolute atomic E-state index is 11.2. The minimum Gasteiger partial charge on any atom is -0.478 e. The van der Waals surface area contributed by atoms with E-state index in [1.807, 2.05) is 0 Å². The number of ether oxygens (including phenoxy) is 1. The van der Waals surface area contributed by atoms with Gasteiger partial charge in [0.1, 0.15) is 0 Å². The van der Waals surface area contributed by atoms with E-state index in [4.69, 9.17) is 9.84 Å². The molecule has 0 radical (unpaired) electrons. The van der Waals surface area contributed by atoms with Crippen LogP contribution in [0.3, 0.4) is 0 Å². The van der Waals surface area contributed by atoms with Crippen LogP contribution in [0.15, 0.2) is 0 Å². The molecule has 82 valence electrons. The van der Waals surface area contributed by atoms with Crippen LogP contribution in [0, 0.1) is 5.92 Å². The maximum atomic E-state index is 11.2. The number of carbonyl (C=O) groups is 2. The molecule has 14 heavy (non-hydrogen) atoms. The van der Waals surface area contributed by atoms with Crippen molar-refractivity contribution in [2.24, 2.45) is 5.92 Å². The molecule has 0 aliphatic carbocycles. The van der Waals surface area contributed by atoms with Crippen LogP contribution < -0.4 is 0 Å². The molecule has 0 spiro atoms. The molecular formula is C8H14O4S2. The Kier molecular flexibility index (Phi) is 6.82. The van der Waals surface area contributed by atoms with Gasteiger partial charge >= 0.3 is 11.9 Å². The molecule has 0 aromatic rings.